The summed E-state index contributed by atoms with van der Waals surface area (Å²) in [6.45, 7) is 3.26. The molecule has 0 atom stereocenters. The normalized spacial score (nSPS) is 10.5. The third kappa shape index (κ3) is 4.46. The standard InChI is InChI=1S/C15H15N5O3S/c1-16-18-8-20(2)11-5-3-10(4-6-11)19-13(21)7-12-14(15(22)23)24-9-17-12/h3-6,8-9H,1,7H2,2H3,(H,19,21)(H,22,23)/b18-8-. The van der Waals surface area contributed by atoms with Gasteiger partial charge in [0, 0.05) is 25.1 Å². The summed E-state index contributed by atoms with van der Waals surface area (Å²) in [7, 11) is 1.80. The van der Waals surface area contributed by atoms with E-state index in [4.69, 9.17) is 5.11 Å². The van der Waals surface area contributed by atoms with Gasteiger partial charge in [-0.15, -0.1) is 16.4 Å². The highest BCUT2D eigenvalue weighted by molar-refractivity contribution is 7.11. The number of aromatic carboxylic acids is 1. The number of carboxylic acids is 1. The van der Waals surface area contributed by atoms with Crippen molar-refractivity contribution in [2.45, 2.75) is 6.42 Å². The van der Waals surface area contributed by atoms with E-state index < -0.39 is 5.97 Å². The SMILES string of the molecule is C=N/N=C\N(C)c1ccc(NC(=O)Cc2ncsc2C(=O)O)cc1. The van der Waals surface area contributed by atoms with E-state index >= 15 is 0 Å². The van der Waals surface area contributed by atoms with Crippen molar-refractivity contribution in [1.82, 2.24) is 4.98 Å². The average Bonchev–Trinajstić information content (AvgIpc) is 3.01. The summed E-state index contributed by atoms with van der Waals surface area (Å²) in [6.07, 6.45) is 1.42. The Kier molecular flexibility index (Phi) is 5.74. The fourth-order valence-electron chi connectivity index (χ4n) is 1.89. The minimum absolute atomic E-state index is 0.0808. The van der Waals surface area contributed by atoms with Crippen molar-refractivity contribution in [2.24, 2.45) is 10.2 Å². The Bertz CT molecular complexity index is 770. The predicted octanol–water partition coefficient (Wildman–Crippen LogP) is 2.10. The van der Waals surface area contributed by atoms with Crippen LogP contribution in [0.4, 0.5) is 11.4 Å². The van der Waals surface area contributed by atoms with Crippen LogP contribution in [0.1, 0.15) is 15.4 Å². The summed E-state index contributed by atoms with van der Waals surface area (Å²) in [5.74, 6) is -1.41. The first-order chi connectivity index (χ1) is 11.5. The van der Waals surface area contributed by atoms with Crippen molar-refractivity contribution in [2.75, 3.05) is 17.3 Å². The lowest BCUT2D eigenvalue weighted by Gasteiger charge is -2.13. The molecular formula is C15H15N5O3S. The van der Waals surface area contributed by atoms with E-state index in [9.17, 15) is 9.59 Å². The third-order valence-corrected chi connectivity index (χ3v) is 3.89. The van der Waals surface area contributed by atoms with Crippen LogP contribution in [0, 0.1) is 0 Å². The van der Waals surface area contributed by atoms with Crippen molar-refractivity contribution in [3.8, 4) is 0 Å². The first-order valence-electron chi connectivity index (χ1n) is 6.79. The van der Waals surface area contributed by atoms with Gasteiger partial charge in [-0.05, 0) is 24.3 Å². The van der Waals surface area contributed by atoms with E-state index in [0.717, 1.165) is 17.0 Å². The maximum absolute atomic E-state index is 12.0. The number of hydrogen-bond acceptors (Lipinski definition) is 6. The van der Waals surface area contributed by atoms with Gasteiger partial charge in [-0.3, -0.25) is 4.79 Å². The lowest BCUT2D eigenvalue weighted by Crippen LogP contribution is -2.17. The number of anilines is 2. The smallest absolute Gasteiger partial charge is 0.347 e. The van der Waals surface area contributed by atoms with Crippen LogP contribution in [0.25, 0.3) is 0 Å². The lowest BCUT2D eigenvalue weighted by atomic mass is 10.2. The number of nitrogens with one attached hydrogen (secondary N) is 1. The van der Waals surface area contributed by atoms with E-state index in [1.54, 1.807) is 36.2 Å². The van der Waals surface area contributed by atoms with Crippen molar-refractivity contribution < 1.29 is 14.7 Å². The van der Waals surface area contributed by atoms with Crippen LogP contribution in [0.15, 0.2) is 40.0 Å². The minimum Gasteiger partial charge on any atom is -0.477 e. The molecule has 8 nitrogen and oxygen atoms in total. The highest BCUT2D eigenvalue weighted by atomic mass is 32.1. The molecule has 0 aliphatic heterocycles. The first-order valence-corrected chi connectivity index (χ1v) is 7.67. The van der Waals surface area contributed by atoms with Crippen LogP contribution in [0.5, 0.6) is 0 Å². The number of aromatic nitrogens is 1. The molecule has 2 aromatic rings. The summed E-state index contributed by atoms with van der Waals surface area (Å²) in [5, 5.41) is 18.8. The molecule has 2 N–H and O–H groups in total. The molecule has 0 saturated carbocycles. The van der Waals surface area contributed by atoms with Crippen LogP contribution in [-0.2, 0) is 11.2 Å². The van der Waals surface area contributed by atoms with Crippen molar-refractivity contribution in [3.63, 3.8) is 0 Å². The fraction of sp³-hybridized carbons (Fsp3) is 0.133. The molecule has 24 heavy (non-hydrogen) atoms. The van der Waals surface area contributed by atoms with Gasteiger partial charge >= 0.3 is 5.97 Å². The van der Waals surface area contributed by atoms with Gasteiger partial charge in [0.05, 0.1) is 17.6 Å². The van der Waals surface area contributed by atoms with Crippen LogP contribution < -0.4 is 10.2 Å². The van der Waals surface area contributed by atoms with E-state index in [0.29, 0.717) is 5.69 Å². The minimum atomic E-state index is -1.08. The molecule has 9 heteroatoms. The average molecular weight is 345 g/mol. The maximum Gasteiger partial charge on any atom is 0.347 e. The molecular weight excluding hydrogens is 330 g/mol. The van der Waals surface area contributed by atoms with Gasteiger partial charge in [0.25, 0.3) is 0 Å². The molecule has 0 saturated heterocycles. The zero-order chi connectivity index (χ0) is 17.5. The maximum atomic E-state index is 12.0. The van der Waals surface area contributed by atoms with Crippen molar-refractivity contribution in [1.29, 1.82) is 0 Å². The van der Waals surface area contributed by atoms with Crippen LogP contribution in [-0.4, -0.2) is 42.1 Å². The molecule has 0 aliphatic rings. The second-order valence-corrected chi connectivity index (χ2v) is 5.54. The van der Waals surface area contributed by atoms with Gasteiger partial charge in [-0.2, -0.15) is 5.10 Å². The molecule has 124 valence electrons. The monoisotopic (exact) mass is 345 g/mol. The van der Waals surface area contributed by atoms with E-state index in [1.807, 2.05) is 0 Å². The fourth-order valence-corrected chi connectivity index (χ4v) is 2.53. The molecule has 1 aromatic heterocycles. The summed E-state index contributed by atoms with van der Waals surface area (Å²) >= 11 is 0.997. The molecule has 1 amide bonds. The molecule has 0 spiro atoms. The second kappa shape index (κ2) is 7.97. The summed E-state index contributed by atoms with van der Waals surface area (Å²) in [5.41, 5.74) is 3.13. The first kappa shape index (κ1) is 17.3. The largest absolute Gasteiger partial charge is 0.477 e. The van der Waals surface area contributed by atoms with Gasteiger partial charge in [-0.1, -0.05) is 0 Å². The number of carbonyl (C=O) groups is 2. The molecule has 1 heterocycles. The Morgan fingerprint density at radius 2 is 2.12 bits per heavy atom. The number of rotatable bonds is 7. The Balaban J connectivity index is 1.99. The van der Waals surface area contributed by atoms with Gasteiger partial charge in [0.1, 0.15) is 11.2 Å². The number of carboxylic acid groups (broad SMARTS) is 1. The quantitative estimate of drug-likeness (QED) is 0.454. The Morgan fingerprint density at radius 3 is 2.75 bits per heavy atom. The van der Waals surface area contributed by atoms with Crippen molar-refractivity contribution >= 4 is 47.6 Å². The molecule has 1 aromatic carbocycles. The predicted molar refractivity (Wildman–Crippen MR) is 94.3 cm³/mol. The van der Waals surface area contributed by atoms with Crippen molar-refractivity contribution in [3.05, 3.63) is 40.3 Å². The van der Waals surface area contributed by atoms with E-state index in [-0.39, 0.29) is 22.9 Å². The molecule has 0 unspecified atom stereocenters. The molecule has 0 aliphatic carbocycles. The Labute approximate surface area is 142 Å². The Hall–Kier alpha value is -3.07. The third-order valence-electron chi connectivity index (χ3n) is 3.03. The number of thiazole rings is 1. The second-order valence-electron chi connectivity index (χ2n) is 4.69. The number of hydrogen-bond donors (Lipinski definition) is 2. The van der Waals surface area contributed by atoms with Gasteiger partial charge in [0.2, 0.25) is 5.91 Å². The topological polar surface area (TPSA) is 107 Å². The lowest BCUT2D eigenvalue weighted by molar-refractivity contribution is -0.115. The van der Waals surface area contributed by atoms with Gasteiger partial charge < -0.3 is 15.3 Å². The molecule has 2 rings (SSSR count). The highest BCUT2D eigenvalue weighted by Crippen LogP contribution is 2.17. The number of amides is 1. The molecule has 0 fully saturated rings. The zero-order valence-electron chi connectivity index (χ0n) is 12.8. The number of nitrogens with zero attached hydrogens (tertiary/aromatic N) is 4. The Morgan fingerprint density at radius 1 is 1.42 bits per heavy atom. The van der Waals surface area contributed by atoms with Gasteiger partial charge in [0.15, 0.2) is 0 Å². The number of benzene rings is 1. The highest BCUT2D eigenvalue weighted by Gasteiger charge is 2.16. The zero-order valence-corrected chi connectivity index (χ0v) is 13.7. The summed E-state index contributed by atoms with van der Waals surface area (Å²) < 4.78 is 0. The molecule has 0 bridgehead atoms. The van der Waals surface area contributed by atoms with Crippen LogP contribution >= 0.6 is 11.3 Å². The van der Waals surface area contributed by atoms with E-state index in [1.165, 1.54) is 11.8 Å². The molecule has 0 radical (unpaired) electrons. The summed E-state index contributed by atoms with van der Waals surface area (Å²) in [4.78, 5) is 28.8. The number of carbonyl (C=O) groups excluding carboxylic acids is 1. The summed E-state index contributed by atoms with van der Waals surface area (Å²) in [6, 6.07) is 7.07. The van der Waals surface area contributed by atoms with E-state index in [2.05, 4.69) is 27.2 Å². The van der Waals surface area contributed by atoms with Gasteiger partial charge in [-0.25, -0.2) is 9.78 Å². The van der Waals surface area contributed by atoms with Crippen LogP contribution in [0.2, 0.25) is 0 Å². The van der Waals surface area contributed by atoms with Crippen LogP contribution in [0.3, 0.4) is 0 Å².